The van der Waals surface area contributed by atoms with Crippen LogP contribution in [0.3, 0.4) is 0 Å². The van der Waals surface area contributed by atoms with Gasteiger partial charge in [-0.3, -0.25) is 0 Å². The number of benzene rings is 2. The second-order valence-electron chi connectivity index (χ2n) is 4.36. The quantitative estimate of drug-likeness (QED) is 0.887. The number of rotatable bonds is 3. The van der Waals surface area contributed by atoms with Gasteiger partial charge in [-0.15, -0.1) is 0 Å². The summed E-state index contributed by atoms with van der Waals surface area (Å²) in [6, 6.07) is 11.3. The van der Waals surface area contributed by atoms with E-state index in [1.807, 2.05) is 38.1 Å². The molecule has 0 saturated heterocycles. The molecule has 1 N–H and O–H groups in total. The molecule has 0 amide bonds. The average molecular weight is 246 g/mol. The summed E-state index contributed by atoms with van der Waals surface area (Å²) < 4.78 is 18.5. The average Bonchev–Trinajstić information content (AvgIpc) is 2.28. The second kappa shape index (κ2) is 5.08. The Bertz CT molecular complexity index is 550. The highest BCUT2D eigenvalue weighted by atomic mass is 19.1. The van der Waals surface area contributed by atoms with Gasteiger partial charge in [0.15, 0.2) is 0 Å². The van der Waals surface area contributed by atoms with Crippen molar-refractivity contribution in [1.29, 1.82) is 0 Å². The molecule has 3 heteroatoms. The molecular weight excluding hydrogens is 231 g/mol. The summed E-state index contributed by atoms with van der Waals surface area (Å²) in [6.07, 6.45) is 0.0852. The Morgan fingerprint density at radius 2 is 1.89 bits per heavy atom. The fraction of sp³-hybridized carbons (Fsp3) is 0.200. The van der Waals surface area contributed by atoms with Crippen LogP contribution in [0.25, 0.3) is 11.1 Å². The number of aromatic hydroxyl groups is 1. The van der Waals surface area contributed by atoms with E-state index in [9.17, 15) is 9.50 Å². The lowest BCUT2D eigenvalue weighted by atomic mass is 10.0. The molecule has 0 fully saturated rings. The summed E-state index contributed by atoms with van der Waals surface area (Å²) in [5, 5.41) is 9.74. The molecule has 0 heterocycles. The van der Waals surface area contributed by atoms with Crippen LogP contribution in [0.4, 0.5) is 4.39 Å². The summed E-state index contributed by atoms with van der Waals surface area (Å²) in [6.45, 7) is 3.89. The first-order valence-electron chi connectivity index (χ1n) is 5.82. The van der Waals surface area contributed by atoms with Crippen molar-refractivity contribution < 1.29 is 14.2 Å². The largest absolute Gasteiger partial charge is 0.507 e. The van der Waals surface area contributed by atoms with E-state index in [1.165, 1.54) is 6.07 Å². The maximum Gasteiger partial charge on any atom is 0.126 e. The molecule has 0 spiro atoms. The molecule has 0 saturated carbocycles. The van der Waals surface area contributed by atoms with Gasteiger partial charge in [0.1, 0.15) is 17.3 Å². The predicted octanol–water partition coefficient (Wildman–Crippen LogP) is 3.99. The van der Waals surface area contributed by atoms with Gasteiger partial charge < -0.3 is 9.84 Å². The van der Waals surface area contributed by atoms with Gasteiger partial charge in [-0.05, 0) is 43.7 Å². The smallest absolute Gasteiger partial charge is 0.126 e. The van der Waals surface area contributed by atoms with Gasteiger partial charge in [-0.25, -0.2) is 4.39 Å². The highest BCUT2D eigenvalue weighted by molar-refractivity contribution is 5.71. The molecule has 18 heavy (non-hydrogen) atoms. The van der Waals surface area contributed by atoms with Gasteiger partial charge in [0.05, 0.1) is 6.10 Å². The minimum atomic E-state index is -0.453. The Balaban J connectivity index is 2.38. The van der Waals surface area contributed by atoms with Crippen molar-refractivity contribution in [2.45, 2.75) is 20.0 Å². The first kappa shape index (κ1) is 12.4. The zero-order valence-corrected chi connectivity index (χ0v) is 10.4. The summed E-state index contributed by atoms with van der Waals surface area (Å²) in [4.78, 5) is 0. The number of halogens is 1. The SMILES string of the molecule is CC(C)Oc1cccc(-c2ccc(F)cc2O)c1. The summed E-state index contributed by atoms with van der Waals surface area (Å²) in [7, 11) is 0. The summed E-state index contributed by atoms with van der Waals surface area (Å²) in [5.74, 6) is 0.203. The molecule has 0 aliphatic heterocycles. The van der Waals surface area contributed by atoms with Crippen LogP contribution in [-0.2, 0) is 0 Å². The monoisotopic (exact) mass is 246 g/mol. The van der Waals surface area contributed by atoms with Crippen LogP contribution >= 0.6 is 0 Å². The van der Waals surface area contributed by atoms with E-state index in [2.05, 4.69) is 0 Å². The Kier molecular flexibility index (Phi) is 3.51. The van der Waals surface area contributed by atoms with Crippen molar-refractivity contribution in [3.8, 4) is 22.6 Å². The Morgan fingerprint density at radius 3 is 2.56 bits per heavy atom. The standard InChI is InChI=1S/C15H15FO2/c1-10(2)18-13-5-3-4-11(8-13)14-7-6-12(16)9-15(14)17/h3-10,17H,1-2H3. The Morgan fingerprint density at radius 1 is 1.11 bits per heavy atom. The lowest BCUT2D eigenvalue weighted by molar-refractivity contribution is 0.242. The van der Waals surface area contributed by atoms with Crippen LogP contribution in [0.15, 0.2) is 42.5 Å². The fourth-order valence-corrected chi connectivity index (χ4v) is 1.76. The molecular formula is C15H15FO2. The summed E-state index contributed by atoms with van der Waals surface area (Å²) >= 11 is 0. The normalized spacial score (nSPS) is 10.7. The molecule has 0 unspecified atom stereocenters. The van der Waals surface area contributed by atoms with Crippen molar-refractivity contribution in [3.05, 3.63) is 48.3 Å². The first-order valence-corrected chi connectivity index (χ1v) is 5.82. The third-order valence-corrected chi connectivity index (χ3v) is 2.48. The zero-order chi connectivity index (χ0) is 13.1. The third kappa shape index (κ3) is 2.80. The van der Waals surface area contributed by atoms with Crippen LogP contribution < -0.4 is 4.74 Å². The molecule has 0 bridgehead atoms. The molecule has 0 aliphatic rings. The second-order valence-corrected chi connectivity index (χ2v) is 4.36. The van der Waals surface area contributed by atoms with Gasteiger partial charge in [0, 0.05) is 11.6 Å². The lowest BCUT2D eigenvalue weighted by Gasteiger charge is -2.11. The van der Waals surface area contributed by atoms with E-state index >= 15 is 0 Å². The molecule has 0 aromatic heterocycles. The van der Waals surface area contributed by atoms with Crippen LogP contribution in [0.2, 0.25) is 0 Å². The van der Waals surface area contributed by atoms with Crippen molar-refractivity contribution >= 4 is 0 Å². The maximum absolute atomic E-state index is 12.9. The Labute approximate surface area is 106 Å². The number of ether oxygens (including phenoxy) is 1. The highest BCUT2D eigenvalue weighted by Crippen LogP contribution is 2.31. The van der Waals surface area contributed by atoms with Gasteiger partial charge >= 0.3 is 0 Å². The minimum Gasteiger partial charge on any atom is -0.507 e. The van der Waals surface area contributed by atoms with Crippen molar-refractivity contribution in [2.75, 3.05) is 0 Å². The van der Waals surface area contributed by atoms with E-state index < -0.39 is 5.82 Å². The maximum atomic E-state index is 12.9. The first-order chi connectivity index (χ1) is 8.56. The predicted molar refractivity (Wildman–Crippen MR) is 69.3 cm³/mol. The fourth-order valence-electron chi connectivity index (χ4n) is 1.76. The van der Waals surface area contributed by atoms with Crippen molar-refractivity contribution in [1.82, 2.24) is 0 Å². The number of phenols is 1. The van der Waals surface area contributed by atoms with E-state index in [0.717, 1.165) is 17.4 Å². The van der Waals surface area contributed by atoms with Crippen molar-refractivity contribution in [2.24, 2.45) is 0 Å². The molecule has 2 rings (SSSR count). The molecule has 94 valence electrons. The third-order valence-electron chi connectivity index (χ3n) is 2.48. The molecule has 2 aromatic carbocycles. The van der Waals surface area contributed by atoms with Crippen LogP contribution in [0.1, 0.15) is 13.8 Å². The van der Waals surface area contributed by atoms with Gasteiger partial charge in [-0.1, -0.05) is 12.1 Å². The lowest BCUT2D eigenvalue weighted by Crippen LogP contribution is -2.05. The van der Waals surface area contributed by atoms with Gasteiger partial charge in [-0.2, -0.15) is 0 Å². The Hall–Kier alpha value is -2.03. The number of phenolic OH excluding ortho intramolecular Hbond substituents is 1. The van der Waals surface area contributed by atoms with E-state index in [0.29, 0.717) is 5.56 Å². The molecule has 0 atom stereocenters. The number of hydrogen-bond acceptors (Lipinski definition) is 2. The van der Waals surface area contributed by atoms with Crippen molar-refractivity contribution in [3.63, 3.8) is 0 Å². The topological polar surface area (TPSA) is 29.5 Å². The number of hydrogen-bond donors (Lipinski definition) is 1. The molecule has 0 radical (unpaired) electrons. The van der Waals surface area contributed by atoms with Gasteiger partial charge in [0.25, 0.3) is 0 Å². The van der Waals surface area contributed by atoms with Crippen LogP contribution in [-0.4, -0.2) is 11.2 Å². The zero-order valence-electron chi connectivity index (χ0n) is 10.4. The summed E-state index contributed by atoms with van der Waals surface area (Å²) in [5.41, 5.74) is 1.39. The van der Waals surface area contributed by atoms with Crippen LogP contribution in [0, 0.1) is 5.82 Å². The van der Waals surface area contributed by atoms with Gasteiger partial charge in [0.2, 0.25) is 0 Å². The van der Waals surface area contributed by atoms with E-state index in [4.69, 9.17) is 4.74 Å². The molecule has 2 nitrogen and oxygen atoms in total. The minimum absolute atomic E-state index is 0.0725. The van der Waals surface area contributed by atoms with E-state index in [-0.39, 0.29) is 11.9 Å². The molecule has 2 aromatic rings. The van der Waals surface area contributed by atoms with E-state index in [1.54, 1.807) is 6.07 Å². The van der Waals surface area contributed by atoms with Crippen LogP contribution in [0.5, 0.6) is 11.5 Å². The molecule has 0 aliphatic carbocycles. The highest BCUT2D eigenvalue weighted by Gasteiger charge is 2.07.